The lowest BCUT2D eigenvalue weighted by molar-refractivity contribution is -0.122. The van der Waals surface area contributed by atoms with Crippen LogP contribution in [0.25, 0.3) is 0 Å². The lowest BCUT2D eigenvalue weighted by Gasteiger charge is -2.22. The van der Waals surface area contributed by atoms with Gasteiger partial charge in [0.2, 0.25) is 5.91 Å². The molecule has 1 atom stereocenters. The van der Waals surface area contributed by atoms with E-state index in [4.69, 9.17) is 23.2 Å². The zero-order chi connectivity index (χ0) is 16.4. The summed E-state index contributed by atoms with van der Waals surface area (Å²) in [5.74, 6) is -0.332. The molecule has 3 rings (SSSR count). The highest BCUT2D eigenvalue weighted by Gasteiger charge is 2.27. The van der Waals surface area contributed by atoms with Crippen LogP contribution in [-0.2, 0) is 11.2 Å². The van der Waals surface area contributed by atoms with Gasteiger partial charge in [0.15, 0.2) is 0 Å². The van der Waals surface area contributed by atoms with Crippen LogP contribution in [0.5, 0.6) is 0 Å². The van der Waals surface area contributed by atoms with E-state index in [0.717, 1.165) is 23.3 Å². The first-order valence-corrected chi connectivity index (χ1v) is 8.24. The van der Waals surface area contributed by atoms with E-state index in [-0.39, 0.29) is 11.8 Å². The molecule has 0 saturated heterocycles. The fourth-order valence-corrected chi connectivity index (χ4v) is 2.94. The molecule has 0 radical (unpaired) electrons. The second kappa shape index (κ2) is 6.73. The first-order valence-electron chi connectivity index (χ1n) is 7.49. The SMILES string of the molecule is CCc1ccc([C@H]2CC(c3ccc(Cl)c(Cl)c3)=NNC2=O)cc1. The number of halogens is 2. The highest BCUT2D eigenvalue weighted by molar-refractivity contribution is 6.42. The number of nitrogens with zero attached hydrogens (tertiary/aromatic N) is 1. The Morgan fingerprint density at radius 1 is 1.13 bits per heavy atom. The smallest absolute Gasteiger partial charge is 0.248 e. The van der Waals surface area contributed by atoms with Crippen LogP contribution in [-0.4, -0.2) is 11.6 Å². The maximum atomic E-state index is 12.2. The van der Waals surface area contributed by atoms with Gasteiger partial charge in [-0.25, -0.2) is 5.43 Å². The topological polar surface area (TPSA) is 41.5 Å². The summed E-state index contributed by atoms with van der Waals surface area (Å²) in [6, 6.07) is 13.5. The van der Waals surface area contributed by atoms with Crippen molar-refractivity contribution in [3.63, 3.8) is 0 Å². The number of benzene rings is 2. The summed E-state index contributed by atoms with van der Waals surface area (Å²) in [7, 11) is 0. The molecule has 1 aliphatic heterocycles. The molecule has 0 aliphatic carbocycles. The number of hydrazone groups is 1. The van der Waals surface area contributed by atoms with Crippen molar-refractivity contribution in [3.8, 4) is 0 Å². The molecule has 0 saturated carbocycles. The summed E-state index contributed by atoms with van der Waals surface area (Å²) in [5, 5.41) is 5.16. The van der Waals surface area contributed by atoms with Gasteiger partial charge in [-0.1, -0.05) is 60.5 Å². The average Bonchev–Trinajstić information content (AvgIpc) is 2.58. The normalized spacial score (nSPS) is 17.6. The minimum absolute atomic E-state index is 0.0851. The Morgan fingerprint density at radius 2 is 1.87 bits per heavy atom. The summed E-state index contributed by atoms with van der Waals surface area (Å²) in [4.78, 5) is 12.2. The van der Waals surface area contributed by atoms with E-state index in [1.165, 1.54) is 5.56 Å². The van der Waals surface area contributed by atoms with E-state index in [1.54, 1.807) is 12.1 Å². The highest BCUT2D eigenvalue weighted by Crippen LogP contribution is 2.28. The number of carbonyl (C=O) groups is 1. The Bertz CT molecular complexity index is 769. The van der Waals surface area contributed by atoms with Crippen molar-refractivity contribution >= 4 is 34.8 Å². The van der Waals surface area contributed by atoms with Crippen molar-refractivity contribution in [2.75, 3.05) is 0 Å². The van der Waals surface area contributed by atoms with E-state index in [1.807, 2.05) is 18.2 Å². The highest BCUT2D eigenvalue weighted by atomic mass is 35.5. The van der Waals surface area contributed by atoms with Crippen molar-refractivity contribution in [2.24, 2.45) is 5.10 Å². The Labute approximate surface area is 145 Å². The van der Waals surface area contributed by atoms with Crippen LogP contribution in [0.1, 0.15) is 36.0 Å². The first kappa shape index (κ1) is 16.0. The van der Waals surface area contributed by atoms with Crippen LogP contribution >= 0.6 is 23.2 Å². The molecule has 23 heavy (non-hydrogen) atoms. The summed E-state index contributed by atoms with van der Waals surface area (Å²) in [6.07, 6.45) is 1.52. The molecule has 1 aliphatic rings. The summed E-state index contributed by atoms with van der Waals surface area (Å²) < 4.78 is 0. The van der Waals surface area contributed by atoms with Crippen molar-refractivity contribution in [1.82, 2.24) is 5.43 Å². The largest absolute Gasteiger partial charge is 0.272 e. The van der Waals surface area contributed by atoms with Gasteiger partial charge in [0.25, 0.3) is 0 Å². The van der Waals surface area contributed by atoms with Gasteiger partial charge in [-0.05, 0) is 35.2 Å². The molecule has 5 heteroatoms. The third-order valence-electron chi connectivity index (χ3n) is 4.06. The predicted molar refractivity (Wildman–Crippen MR) is 94.3 cm³/mol. The van der Waals surface area contributed by atoms with Gasteiger partial charge >= 0.3 is 0 Å². The number of hydrogen-bond acceptors (Lipinski definition) is 2. The fourth-order valence-electron chi connectivity index (χ4n) is 2.65. The van der Waals surface area contributed by atoms with Crippen molar-refractivity contribution in [2.45, 2.75) is 25.7 Å². The zero-order valence-corrected chi connectivity index (χ0v) is 14.2. The molecule has 0 fully saturated rings. The molecule has 2 aromatic carbocycles. The van der Waals surface area contributed by atoms with Gasteiger partial charge in [-0.3, -0.25) is 4.79 Å². The number of rotatable bonds is 3. The second-order valence-electron chi connectivity index (χ2n) is 5.52. The van der Waals surface area contributed by atoms with Crippen molar-refractivity contribution in [3.05, 3.63) is 69.2 Å². The maximum absolute atomic E-state index is 12.2. The lowest BCUT2D eigenvalue weighted by atomic mass is 9.89. The van der Waals surface area contributed by atoms with Crippen molar-refractivity contribution in [1.29, 1.82) is 0 Å². The number of carbonyl (C=O) groups excluding carboxylic acids is 1. The second-order valence-corrected chi connectivity index (χ2v) is 6.33. The number of amides is 1. The molecule has 2 aromatic rings. The van der Waals surface area contributed by atoms with Gasteiger partial charge in [0, 0.05) is 6.42 Å². The van der Waals surface area contributed by atoms with Crippen LogP contribution in [0, 0.1) is 0 Å². The molecule has 3 nitrogen and oxygen atoms in total. The average molecular weight is 347 g/mol. The standard InChI is InChI=1S/C18H16Cl2N2O/c1-2-11-3-5-12(6-4-11)14-10-17(21-22-18(14)23)13-7-8-15(19)16(20)9-13/h3-9,14H,2,10H2,1H3,(H,22,23)/t14-/m1/s1. The number of nitrogens with one attached hydrogen (secondary N) is 1. The minimum atomic E-state index is -0.247. The van der Waals surface area contributed by atoms with Gasteiger partial charge in [0.05, 0.1) is 21.7 Å². The van der Waals surface area contributed by atoms with E-state index in [2.05, 4.69) is 29.6 Å². The molecule has 0 aromatic heterocycles. The zero-order valence-electron chi connectivity index (χ0n) is 12.6. The monoisotopic (exact) mass is 346 g/mol. The van der Waals surface area contributed by atoms with E-state index < -0.39 is 0 Å². The van der Waals surface area contributed by atoms with Gasteiger partial charge < -0.3 is 0 Å². The van der Waals surface area contributed by atoms with Crippen molar-refractivity contribution < 1.29 is 4.79 Å². The van der Waals surface area contributed by atoms with E-state index in [9.17, 15) is 4.79 Å². The molecule has 0 spiro atoms. The summed E-state index contributed by atoms with van der Waals surface area (Å²) in [6.45, 7) is 2.11. The Balaban J connectivity index is 1.87. The fraction of sp³-hybridized carbons (Fsp3) is 0.222. The third-order valence-corrected chi connectivity index (χ3v) is 4.80. The van der Waals surface area contributed by atoms with Crippen LogP contribution in [0.15, 0.2) is 47.6 Å². The molecule has 0 bridgehead atoms. The molecule has 118 valence electrons. The quantitative estimate of drug-likeness (QED) is 0.869. The van der Waals surface area contributed by atoms with Crippen LogP contribution < -0.4 is 5.43 Å². The lowest BCUT2D eigenvalue weighted by Crippen LogP contribution is -2.33. The Morgan fingerprint density at radius 3 is 2.52 bits per heavy atom. The Kier molecular flexibility index (Phi) is 4.69. The predicted octanol–water partition coefficient (Wildman–Crippen LogP) is 4.56. The third kappa shape index (κ3) is 3.41. The van der Waals surface area contributed by atoms with E-state index in [0.29, 0.717) is 16.5 Å². The number of hydrogen-bond donors (Lipinski definition) is 1. The van der Waals surface area contributed by atoms with Crippen LogP contribution in [0.4, 0.5) is 0 Å². The summed E-state index contributed by atoms with van der Waals surface area (Å²) in [5.41, 5.74) is 6.53. The van der Waals surface area contributed by atoms with Gasteiger partial charge in [0.1, 0.15) is 0 Å². The number of aryl methyl sites for hydroxylation is 1. The van der Waals surface area contributed by atoms with Crippen LogP contribution in [0.3, 0.4) is 0 Å². The van der Waals surface area contributed by atoms with Crippen LogP contribution in [0.2, 0.25) is 10.0 Å². The minimum Gasteiger partial charge on any atom is -0.272 e. The molecule has 1 N–H and O–H groups in total. The molecular formula is C18H16Cl2N2O. The molecule has 0 unspecified atom stereocenters. The molecular weight excluding hydrogens is 331 g/mol. The molecule has 1 heterocycles. The van der Waals surface area contributed by atoms with Gasteiger partial charge in [-0.2, -0.15) is 5.10 Å². The maximum Gasteiger partial charge on any atom is 0.248 e. The van der Waals surface area contributed by atoms with E-state index >= 15 is 0 Å². The first-order chi connectivity index (χ1) is 11.1. The summed E-state index contributed by atoms with van der Waals surface area (Å²) >= 11 is 12.0. The molecule has 1 amide bonds. The Hall–Kier alpha value is -1.84. The van der Waals surface area contributed by atoms with Gasteiger partial charge in [-0.15, -0.1) is 0 Å².